The molecule has 0 aliphatic carbocycles. The van der Waals surface area contributed by atoms with Gasteiger partial charge in [-0.05, 0) is 36.6 Å². The summed E-state index contributed by atoms with van der Waals surface area (Å²) in [6, 6.07) is 4.67. The van der Waals surface area contributed by atoms with Crippen molar-refractivity contribution < 1.29 is 19.4 Å². The first kappa shape index (κ1) is 15.3. The normalized spacial score (nSPS) is 14.7. The molecule has 6 nitrogen and oxygen atoms in total. The van der Waals surface area contributed by atoms with E-state index in [1.807, 2.05) is 6.92 Å². The molecule has 0 fully saturated rings. The van der Waals surface area contributed by atoms with Crippen LogP contribution in [0.5, 0.6) is 0 Å². The Morgan fingerprint density at radius 1 is 1.48 bits per heavy atom. The van der Waals surface area contributed by atoms with Gasteiger partial charge >= 0.3 is 12.0 Å². The molecule has 1 aromatic carbocycles. The van der Waals surface area contributed by atoms with Gasteiger partial charge in [-0.3, -0.25) is 4.90 Å². The van der Waals surface area contributed by atoms with E-state index >= 15 is 0 Å². The van der Waals surface area contributed by atoms with Crippen molar-refractivity contribution in [2.75, 3.05) is 25.2 Å². The van der Waals surface area contributed by atoms with Crippen molar-refractivity contribution in [3.63, 3.8) is 0 Å². The minimum absolute atomic E-state index is 0.0233. The van der Waals surface area contributed by atoms with Crippen molar-refractivity contribution in [1.29, 1.82) is 0 Å². The zero-order valence-corrected chi connectivity index (χ0v) is 12.3. The summed E-state index contributed by atoms with van der Waals surface area (Å²) in [6.45, 7) is 3.02. The maximum absolute atomic E-state index is 12.3. The van der Waals surface area contributed by atoms with Gasteiger partial charge in [0.15, 0.2) is 0 Å². The van der Waals surface area contributed by atoms with Gasteiger partial charge in [0.2, 0.25) is 0 Å². The number of aromatic carboxylic acids is 1. The van der Waals surface area contributed by atoms with E-state index in [-0.39, 0.29) is 17.6 Å². The maximum Gasteiger partial charge on any atom is 0.335 e. The first-order valence-corrected chi connectivity index (χ1v) is 7.00. The Morgan fingerprint density at radius 3 is 2.86 bits per heavy atom. The van der Waals surface area contributed by atoms with Crippen LogP contribution < -0.4 is 10.2 Å². The highest BCUT2D eigenvalue weighted by atomic mass is 16.5. The summed E-state index contributed by atoms with van der Waals surface area (Å²) in [5.41, 5.74) is 1.93. The number of hydrogen-bond acceptors (Lipinski definition) is 3. The molecule has 0 radical (unpaired) electrons. The second kappa shape index (κ2) is 6.58. The minimum atomic E-state index is -0.952. The van der Waals surface area contributed by atoms with Crippen molar-refractivity contribution >= 4 is 17.7 Å². The monoisotopic (exact) mass is 292 g/mol. The Hall–Kier alpha value is -2.08. The molecule has 1 aliphatic rings. The number of hydrogen-bond donors (Lipinski definition) is 2. The van der Waals surface area contributed by atoms with Gasteiger partial charge in [0, 0.05) is 19.3 Å². The number of benzene rings is 1. The molecule has 2 N–H and O–H groups in total. The van der Waals surface area contributed by atoms with Crippen LogP contribution in [-0.2, 0) is 11.2 Å². The lowest BCUT2D eigenvalue weighted by atomic mass is 10.1. The van der Waals surface area contributed by atoms with Crippen molar-refractivity contribution in [2.45, 2.75) is 25.8 Å². The van der Waals surface area contributed by atoms with Crippen LogP contribution in [0.4, 0.5) is 10.5 Å². The third kappa shape index (κ3) is 3.33. The second-order valence-corrected chi connectivity index (χ2v) is 5.06. The largest absolute Gasteiger partial charge is 0.478 e. The zero-order valence-electron chi connectivity index (χ0n) is 12.3. The quantitative estimate of drug-likeness (QED) is 0.868. The maximum atomic E-state index is 12.3. The molecule has 114 valence electrons. The molecule has 2 amide bonds. The van der Waals surface area contributed by atoms with Gasteiger partial charge in [-0.25, -0.2) is 9.59 Å². The fourth-order valence-corrected chi connectivity index (χ4v) is 2.46. The zero-order chi connectivity index (χ0) is 15.4. The number of carbonyl (C=O) groups is 2. The molecular formula is C15H20N2O4. The smallest absolute Gasteiger partial charge is 0.335 e. The summed E-state index contributed by atoms with van der Waals surface area (Å²) in [5.74, 6) is -0.952. The van der Waals surface area contributed by atoms with Gasteiger partial charge in [-0.1, -0.05) is 6.92 Å². The number of methoxy groups -OCH3 is 1. The molecule has 0 saturated carbocycles. The van der Waals surface area contributed by atoms with E-state index in [9.17, 15) is 9.59 Å². The summed E-state index contributed by atoms with van der Waals surface area (Å²) in [5, 5.41) is 11.9. The number of carboxylic acids is 1. The molecule has 21 heavy (non-hydrogen) atoms. The average Bonchev–Trinajstić information content (AvgIpc) is 2.89. The number of nitrogens with zero attached hydrogens (tertiary/aromatic N) is 1. The number of anilines is 1. The van der Waals surface area contributed by atoms with Gasteiger partial charge in [-0.15, -0.1) is 0 Å². The number of fused-ring (bicyclic) bond motifs is 1. The van der Waals surface area contributed by atoms with Crippen molar-refractivity contribution in [3.8, 4) is 0 Å². The number of ether oxygens (including phenoxy) is 1. The first-order valence-electron chi connectivity index (χ1n) is 7.00. The Morgan fingerprint density at radius 2 is 2.24 bits per heavy atom. The number of nitrogens with one attached hydrogen (secondary N) is 1. The summed E-state index contributed by atoms with van der Waals surface area (Å²) >= 11 is 0. The number of carbonyl (C=O) groups excluding carboxylic acids is 1. The molecule has 0 aromatic heterocycles. The third-order valence-corrected chi connectivity index (χ3v) is 3.66. The van der Waals surface area contributed by atoms with Gasteiger partial charge in [0.25, 0.3) is 0 Å². The Kier molecular flexibility index (Phi) is 4.80. The van der Waals surface area contributed by atoms with E-state index in [1.165, 1.54) is 6.07 Å². The topological polar surface area (TPSA) is 78.9 Å². The van der Waals surface area contributed by atoms with Crippen molar-refractivity contribution in [1.82, 2.24) is 5.32 Å². The Labute approximate surface area is 123 Å². The average molecular weight is 292 g/mol. The molecule has 0 saturated heterocycles. The summed E-state index contributed by atoms with van der Waals surface area (Å²) in [7, 11) is 1.60. The van der Waals surface area contributed by atoms with E-state index in [0.717, 1.165) is 17.7 Å². The fourth-order valence-electron chi connectivity index (χ4n) is 2.46. The molecule has 1 aliphatic heterocycles. The van der Waals surface area contributed by atoms with Crippen LogP contribution >= 0.6 is 0 Å². The van der Waals surface area contributed by atoms with E-state index in [0.29, 0.717) is 19.6 Å². The van der Waals surface area contributed by atoms with Crippen LogP contribution in [0.1, 0.15) is 29.3 Å². The van der Waals surface area contributed by atoms with Crippen LogP contribution in [0, 0.1) is 0 Å². The Bertz CT molecular complexity index is 544. The standard InChI is InChI=1S/C15H20N2O4/c1-3-12(9-21-2)16-15(20)17-7-6-10-8-11(14(18)19)4-5-13(10)17/h4-5,8,12H,3,6-7,9H2,1-2H3,(H,16,20)(H,18,19). The van der Waals surface area contributed by atoms with E-state index in [2.05, 4.69) is 5.32 Å². The summed E-state index contributed by atoms with van der Waals surface area (Å²) in [4.78, 5) is 24.9. The van der Waals surface area contributed by atoms with Crippen LogP contribution in [0.15, 0.2) is 18.2 Å². The molecule has 1 atom stereocenters. The van der Waals surface area contributed by atoms with Crippen LogP contribution in [0.2, 0.25) is 0 Å². The second-order valence-electron chi connectivity index (χ2n) is 5.06. The van der Waals surface area contributed by atoms with Gasteiger partial charge < -0.3 is 15.2 Å². The SMILES string of the molecule is CCC(COC)NC(=O)N1CCc2cc(C(=O)O)ccc21. The van der Waals surface area contributed by atoms with Crippen molar-refractivity contribution in [2.24, 2.45) is 0 Å². The highest BCUT2D eigenvalue weighted by molar-refractivity contribution is 5.96. The van der Waals surface area contributed by atoms with Crippen molar-refractivity contribution in [3.05, 3.63) is 29.3 Å². The molecule has 0 spiro atoms. The van der Waals surface area contributed by atoms with E-state index in [1.54, 1.807) is 24.1 Å². The van der Waals surface area contributed by atoms with Crippen LogP contribution in [0.25, 0.3) is 0 Å². The number of urea groups is 1. The molecular weight excluding hydrogens is 272 g/mol. The van der Waals surface area contributed by atoms with E-state index < -0.39 is 5.97 Å². The third-order valence-electron chi connectivity index (χ3n) is 3.66. The molecule has 0 bridgehead atoms. The predicted molar refractivity (Wildman–Crippen MR) is 78.9 cm³/mol. The minimum Gasteiger partial charge on any atom is -0.478 e. The molecule has 1 aromatic rings. The van der Waals surface area contributed by atoms with Gasteiger partial charge in [0.05, 0.1) is 18.2 Å². The molecule has 1 unspecified atom stereocenters. The highest BCUT2D eigenvalue weighted by Crippen LogP contribution is 2.29. The molecule has 2 rings (SSSR count). The lowest BCUT2D eigenvalue weighted by Gasteiger charge is -2.22. The molecule has 1 heterocycles. The van der Waals surface area contributed by atoms with Gasteiger partial charge in [0.1, 0.15) is 0 Å². The highest BCUT2D eigenvalue weighted by Gasteiger charge is 2.26. The number of rotatable bonds is 5. The van der Waals surface area contributed by atoms with Crippen LogP contribution in [0.3, 0.4) is 0 Å². The molecule has 6 heteroatoms. The lowest BCUT2D eigenvalue weighted by Crippen LogP contribution is -2.45. The first-order chi connectivity index (χ1) is 10.1. The summed E-state index contributed by atoms with van der Waals surface area (Å²) in [6.07, 6.45) is 1.46. The number of carboxylic acid groups (broad SMARTS) is 1. The van der Waals surface area contributed by atoms with E-state index in [4.69, 9.17) is 9.84 Å². The van der Waals surface area contributed by atoms with Gasteiger partial charge in [-0.2, -0.15) is 0 Å². The predicted octanol–water partition coefficient (Wildman–Crippen LogP) is 1.88. The number of amides is 2. The summed E-state index contributed by atoms with van der Waals surface area (Å²) < 4.78 is 5.07. The van der Waals surface area contributed by atoms with Crippen LogP contribution in [-0.4, -0.2) is 43.4 Å². The lowest BCUT2D eigenvalue weighted by molar-refractivity contribution is 0.0697. The fraction of sp³-hybridized carbons (Fsp3) is 0.467. The Balaban J connectivity index is 2.11.